The number of carbonyl (C=O) groups excluding carboxylic acids is 1. The molecular weight excluding hydrogens is 274 g/mol. The second kappa shape index (κ2) is 6.22. The maximum absolute atomic E-state index is 12.8. The Morgan fingerprint density at radius 2 is 2.05 bits per heavy atom. The van der Waals surface area contributed by atoms with Crippen LogP contribution in [0.1, 0.15) is 23.1 Å². The van der Waals surface area contributed by atoms with Gasteiger partial charge in [0.1, 0.15) is 5.75 Å². The zero-order valence-corrected chi connectivity index (χ0v) is 13.1. The van der Waals surface area contributed by atoms with Gasteiger partial charge in [0.2, 0.25) is 5.91 Å². The van der Waals surface area contributed by atoms with Crippen LogP contribution >= 0.6 is 0 Å². The maximum atomic E-state index is 12.8. The molecule has 3 rings (SSSR count). The fourth-order valence-electron chi connectivity index (χ4n) is 3.15. The molecule has 114 valence electrons. The molecule has 1 amide bonds. The molecule has 2 aromatic rings. The van der Waals surface area contributed by atoms with Gasteiger partial charge in [0.25, 0.3) is 0 Å². The molecule has 0 spiro atoms. The number of rotatable bonds is 3. The molecule has 3 nitrogen and oxygen atoms in total. The fourth-order valence-corrected chi connectivity index (χ4v) is 3.15. The van der Waals surface area contributed by atoms with Crippen LogP contribution in [0.25, 0.3) is 0 Å². The Morgan fingerprint density at radius 1 is 1.23 bits per heavy atom. The zero-order valence-electron chi connectivity index (χ0n) is 13.1. The SMILES string of the molecule is COc1cccc(CC(=O)N2CCCc3cccc(C)c32)c1. The molecule has 0 atom stereocenters. The van der Waals surface area contributed by atoms with Crippen LogP contribution in [0.15, 0.2) is 42.5 Å². The number of nitrogens with zero attached hydrogens (tertiary/aromatic N) is 1. The van der Waals surface area contributed by atoms with E-state index in [0.717, 1.165) is 36.4 Å². The van der Waals surface area contributed by atoms with Gasteiger partial charge in [0, 0.05) is 12.2 Å². The Kier molecular flexibility index (Phi) is 4.14. The fraction of sp³-hybridized carbons (Fsp3) is 0.316. The summed E-state index contributed by atoms with van der Waals surface area (Å²) in [5, 5.41) is 0. The summed E-state index contributed by atoms with van der Waals surface area (Å²) in [5.74, 6) is 0.948. The minimum atomic E-state index is 0.156. The highest BCUT2D eigenvalue weighted by Gasteiger charge is 2.23. The van der Waals surface area contributed by atoms with Crippen molar-refractivity contribution in [2.75, 3.05) is 18.6 Å². The van der Waals surface area contributed by atoms with Gasteiger partial charge in [-0.2, -0.15) is 0 Å². The lowest BCUT2D eigenvalue weighted by molar-refractivity contribution is -0.118. The van der Waals surface area contributed by atoms with Gasteiger partial charge in [-0.15, -0.1) is 0 Å². The molecule has 3 heteroatoms. The van der Waals surface area contributed by atoms with E-state index >= 15 is 0 Å². The first-order chi connectivity index (χ1) is 10.7. The molecule has 1 aliphatic heterocycles. The maximum Gasteiger partial charge on any atom is 0.231 e. The first-order valence-electron chi connectivity index (χ1n) is 7.71. The molecule has 0 radical (unpaired) electrons. The zero-order chi connectivity index (χ0) is 15.5. The summed E-state index contributed by atoms with van der Waals surface area (Å²) in [6, 6.07) is 14.0. The highest BCUT2D eigenvalue weighted by molar-refractivity contribution is 5.96. The van der Waals surface area contributed by atoms with Crippen molar-refractivity contribution in [1.82, 2.24) is 0 Å². The van der Waals surface area contributed by atoms with E-state index in [2.05, 4.69) is 25.1 Å². The number of hydrogen-bond donors (Lipinski definition) is 0. The standard InChI is InChI=1S/C19H21NO2/c1-14-6-3-8-16-9-5-11-20(19(14)16)18(21)13-15-7-4-10-17(12-15)22-2/h3-4,6-8,10,12H,5,9,11,13H2,1-2H3. The first kappa shape index (κ1) is 14.6. The number of benzene rings is 2. The molecule has 0 bridgehead atoms. The molecule has 1 heterocycles. The number of methoxy groups -OCH3 is 1. The van der Waals surface area contributed by atoms with E-state index in [-0.39, 0.29) is 5.91 Å². The number of anilines is 1. The van der Waals surface area contributed by atoms with E-state index in [9.17, 15) is 4.79 Å². The van der Waals surface area contributed by atoms with Crippen molar-refractivity contribution < 1.29 is 9.53 Å². The lowest BCUT2D eigenvalue weighted by Crippen LogP contribution is -2.37. The number of carbonyl (C=O) groups is 1. The third-order valence-electron chi connectivity index (χ3n) is 4.21. The van der Waals surface area contributed by atoms with E-state index in [4.69, 9.17) is 4.74 Å². The predicted molar refractivity (Wildman–Crippen MR) is 88.6 cm³/mol. The lowest BCUT2D eigenvalue weighted by atomic mass is 9.97. The van der Waals surface area contributed by atoms with Crippen LogP contribution in [0.4, 0.5) is 5.69 Å². The number of amides is 1. The van der Waals surface area contributed by atoms with Gasteiger partial charge < -0.3 is 9.64 Å². The molecule has 0 aliphatic carbocycles. The average Bonchev–Trinajstić information content (AvgIpc) is 2.55. The minimum absolute atomic E-state index is 0.156. The van der Waals surface area contributed by atoms with Gasteiger partial charge in [-0.25, -0.2) is 0 Å². The Bertz CT molecular complexity index is 694. The van der Waals surface area contributed by atoms with Crippen molar-refractivity contribution >= 4 is 11.6 Å². The predicted octanol–water partition coefficient (Wildman–Crippen LogP) is 3.53. The summed E-state index contributed by atoms with van der Waals surface area (Å²) in [5.41, 5.74) is 4.56. The van der Waals surface area contributed by atoms with Gasteiger partial charge >= 0.3 is 0 Å². The summed E-state index contributed by atoms with van der Waals surface area (Å²) in [6.07, 6.45) is 2.49. The van der Waals surface area contributed by atoms with Gasteiger partial charge in [-0.3, -0.25) is 4.79 Å². The van der Waals surface area contributed by atoms with Crippen LogP contribution in [-0.4, -0.2) is 19.6 Å². The summed E-state index contributed by atoms with van der Waals surface area (Å²) in [4.78, 5) is 14.7. The van der Waals surface area contributed by atoms with Crippen molar-refractivity contribution in [2.45, 2.75) is 26.2 Å². The van der Waals surface area contributed by atoms with Crippen LogP contribution < -0.4 is 9.64 Å². The van der Waals surface area contributed by atoms with Crippen LogP contribution in [-0.2, 0) is 17.6 Å². The van der Waals surface area contributed by atoms with E-state index in [0.29, 0.717) is 6.42 Å². The van der Waals surface area contributed by atoms with Crippen LogP contribution in [0, 0.1) is 6.92 Å². The van der Waals surface area contributed by atoms with Crippen LogP contribution in [0.3, 0.4) is 0 Å². The molecule has 22 heavy (non-hydrogen) atoms. The van der Waals surface area contributed by atoms with Crippen LogP contribution in [0.5, 0.6) is 5.75 Å². The molecule has 0 aromatic heterocycles. The number of fused-ring (bicyclic) bond motifs is 1. The minimum Gasteiger partial charge on any atom is -0.497 e. The number of para-hydroxylation sites is 1. The molecule has 0 saturated carbocycles. The van der Waals surface area contributed by atoms with Gasteiger partial charge in [-0.1, -0.05) is 30.3 Å². The number of aryl methyl sites for hydroxylation is 2. The molecule has 2 aromatic carbocycles. The van der Waals surface area contributed by atoms with Crippen molar-refractivity contribution in [2.24, 2.45) is 0 Å². The Morgan fingerprint density at radius 3 is 2.86 bits per heavy atom. The highest BCUT2D eigenvalue weighted by atomic mass is 16.5. The monoisotopic (exact) mass is 295 g/mol. The quantitative estimate of drug-likeness (QED) is 0.867. The Balaban J connectivity index is 1.85. The summed E-state index contributed by atoms with van der Waals surface area (Å²) in [6.45, 7) is 2.89. The largest absolute Gasteiger partial charge is 0.497 e. The second-order valence-corrected chi connectivity index (χ2v) is 5.76. The molecule has 1 aliphatic rings. The first-order valence-corrected chi connectivity index (χ1v) is 7.71. The number of ether oxygens (including phenoxy) is 1. The third-order valence-corrected chi connectivity index (χ3v) is 4.21. The summed E-state index contributed by atoms with van der Waals surface area (Å²) in [7, 11) is 1.64. The van der Waals surface area contributed by atoms with Gasteiger partial charge in [0.15, 0.2) is 0 Å². The Labute approximate surface area is 131 Å². The summed E-state index contributed by atoms with van der Waals surface area (Å²) >= 11 is 0. The van der Waals surface area contributed by atoms with Crippen molar-refractivity contribution in [1.29, 1.82) is 0 Å². The molecule has 0 saturated heterocycles. The lowest BCUT2D eigenvalue weighted by Gasteiger charge is -2.31. The van der Waals surface area contributed by atoms with Crippen molar-refractivity contribution in [3.8, 4) is 5.75 Å². The third kappa shape index (κ3) is 2.84. The van der Waals surface area contributed by atoms with Gasteiger partial charge in [0.05, 0.1) is 13.5 Å². The topological polar surface area (TPSA) is 29.5 Å². The summed E-state index contributed by atoms with van der Waals surface area (Å²) < 4.78 is 5.23. The molecular formula is C19H21NO2. The molecule has 0 fully saturated rings. The van der Waals surface area contributed by atoms with Crippen molar-refractivity contribution in [3.63, 3.8) is 0 Å². The molecule has 0 N–H and O–H groups in total. The van der Waals surface area contributed by atoms with E-state index in [1.165, 1.54) is 11.1 Å². The van der Waals surface area contributed by atoms with E-state index in [1.807, 2.05) is 29.2 Å². The normalized spacial score (nSPS) is 13.6. The second-order valence-electron chi connectivity index (χ2n) is 5.76. The van der Waals surface area contributed by atoms with E-state index in [1.54, 1.807) is 7.11 Å². The molecule has 0 unspecified atom stereocenters. The Hall–Kier alpha value is -2.29. The smallest absolute Gasteiger partial charge is 0.231 e. The van der Waals surface area contributed by atoms with Gasteiger partial charge in [-0.05, 0) is 48.6 Å². The average molecular weight is 295 g/mol. The van der Waals surface area contributed by atoms with E-state index < -0.39 is 0 Å². The van der Waals surface area contributed by atoms with Crippen LogP contribution in [0.2, 0.25) is 0 Å². The van der Waals surface area contributed by atoms with Crippen molar-refractivity contribution in [3.05, 3.63) is 59.2 Å². The number of hydrogen-bond acceptors (Lipinski definition) is 2. The highest BCUT2D eigenvalue weighted by Crippen LogP contribution is 2.31.